The van der Waals surface area contributed by atoms with E-state index in [0.717, 1.165) is 79.4 Å². The molecule has 1 heterocycles. The Kier molecular flexibility index (Phi) is 10.4. The number of Topliss-reactive ketones (excluding diaryl/α,β-unsaturated/α-hetero) is 2. The van der Waals surface area contributed by atoms with Crippen molar-refractivity contribution in [3.63, 3.8) is 0 Å². The Bertz CT molecular complexity index is 980. The second kappa shape index (κ2) is 13.2. The molecule has 0 aliphatic carbocycles. The van der Waals surface area contributed by atoms with E-state index in [0.29, 0.717) is 12.8 Å². The van der Waals surface area contributed by atoms with E-state index in [-0.39, 0.29) is 11.6 Å². The van der Waals surface area contributed by atoms with Gasteiger partial charge in [-0.05, 0) is 81.8 Å². The fourth-order valence-electron chi connectivity index (χ4n) is 4.66. The fraction of sp³-hybridized carbons (Fsp3) is 0.517. The maximum Gasteiger partial charge on any atom is 0.164 e. The number of carbonyl (C=O) groups is 2. The third-order valence-corrected chi connectivity index (χ3v) is 8.22. The molecule has 3 rings (SSSR count). The largest absolute Gasteiger partial charge is 0.304 e. The van der Waals surface area contributed by atoms with Gasteiger partial charge in [0.15, 0.2) is 11.6 Å². The van der Waals surface area contributed by atoms with Gasteiger partial charge in [0.05, 0.1) is 0 Å². The van der Waals surface area contributed by atoms with Gasteiger partial charge in [-0.1, -0.05) is 63.7 Å². The summed E-state index contributed by atoms with van der Waals surface area (Å²) in [4.78, 5) is 32.8. The van der Waals surface area contributed by atoms with E-state index in [2.05, 4.69) is 55.7 Å². The fourth-order valence-corrected chi connectivity index (χ4v) is 5.84. The maximum absolute atomic E-state index is 13.0. The van der Waals surface area contributed by atoms with Crippen LogP contribution >= 0.6 is 11.8 Å². The minimum absolute atomic E-state index is 0.225. The van der Waals surface area contributed by atoms with Crippen molar-refractivity contribution < 1.29 is 9.59 Å². The van der Waals surface area contributed by atoms with Crippen LogP contribution in [0.15, 0.2) is 46.2 Å². The number of ketones is 2. The number of rotatable bonds is 14. The van der Waals surface area contributed by atoms with Gasteiger partial charge in [0.1, 0.15) is 0 Å². The molecule has 0 fully saturated rings. The molecule has 0 atom stereocenters. The molecule has 0 radical (unpaired) electrons. The lowest BCUT2D eigenvalue weighted by molar-refractivity contribution is 0.0966. The van der Waals surface area contributed by atoms with Crippen LogP contribution in [0.3, 0.4) is 0 Å². The van der Waals surface area contributed by atoms with Gasteiger partial charge in [0.2, 0.25) is 0 Å². The van der Waals surface area contributed by atoms with Crippen molar-refractivity contribution in [1.82, 2.24) is 9.80 Å². The smallest absolute Gasteiger partial charge is 0.164 e. The molecule has 0 N–H and O–H groups in total. The SMILES string of the molecule is CCN(CC)CCCC(=O)c1ccc2c(c1)Cc1cccc(C(=O)CCCN(CC)CC)c1S2. The van der Waals surface area contributed by atoms with Gasteiger partial charge in [-0.3, -0.25) is 9.59 Å². The van der Waals surface area contributed by atoms with Crippen LogP contribution < -0.4 is 0 Å². The highest BCUT2D eigenvalue weighted by molar-refractivity contribution is 7.99. The minimum Gasteiger partial charge on any atom is -0.304 e. The molecular formula is C29H40N2O2S. The van der Waals surface area contributed by atoms with Crippen molar-refractivity contribution in [2.24, 2.45) is 0 Å². The summed E-state index contributed by atoms with van der Waals surface area (Å²) in [5, 5.41) is 0. The summed E-state index contributed by atoms with van der Waals surface area (Å²) < 4.78 is 0. The van der Waals surface area contributed by atoms with Crippen LogP contribution in [0, 0.1) is 0 Å². The van der Waals surface area contributed by atoms with E-state index in [1.54, 1.807) is 11.8 Å². The molecule has 0 amide bonds. The van der Waals surface area contributed by atoms with Crippen molar-refractivity contribution in [3.05, 3.63) is 58.7 Å². The molecule has 1 aliphatic rings. The van der Waals surface area contributed by atoms with Crippen LogP contribution in [-0.4, -0.2) is 60.6 Å². The minimum atomic E-state index is 0.225. The highest BCUT2D eigenvalue weighted by Crippen LogP contribution is 2.42. The summed E-state index contributed by atoms with van der Waals surface area (Å²) in [7, 11) is 0. The van der Waals surface area contributed by atoms with Crippen molar-refractivity contribution in [1.29, 1.82) is 0 Å². The molecule has 0 saturated carbocycles. The summed E-state index contributed by atoms with van der Waals surface area (Å²) in [5.41, 5.74) is 4.05. The summed E-state index contributed by atoms with van der Waals surface area (Å²) in [6.07, 6.45) is 3.74. The van der Waals surface area contributed by atoms with Gasteiger partial charge in [0, 0.05) is 33.8 Å². The first-order valence-corrected chi connectivity index (χ1v) is 13.8. The predicted octanol–water partition coefficient (Wildman–Crippen LogP) is 6.35. The number of benzene rings is 2. The molecule has 2 aromatic carbocycles. The third-order valence-electron chi connectivity index (χ3n) is 6.92. The standard InChI is InChI=1S/C29H40N2O2S/c1-5-30(6-2)18-10-14-26(32)22-16-17-28-24(20-22)21-23-12-9-13-25(29(23)34-28)27(33)15-11-19-31(7-3)8-4/h9,12-13,16-17,20H,5-8,10-11,14-15,18-19,21H2,1-4H3. The van der Waals surface area contributed by atoms with Gasteiger partial charge in [-0.15, -0.1) is 0 Å². The van der Waals surface area contributed by atoms with Gasteiger partial charge >= 0.3 is 0 Å². The van der Waals surface area contributed by atoms with E-state index in [9.17, 15) is 9.59 Å². The van der Waals surface area contributed by atoms with Crippen molar-refractivity contribution in [2.45, 2.75) is 69.6 Å². The van der Waals surface area contributed by atoms with Crippen LogP contribution in [-0.2, 0) is 6.42 Å². The molecule has 0 unspecified atom stereocenters. The summed E-state index contributed by atoms with van der Waals surface area (Å²) in [6, 6.07) is 12.2. The molecule has 0 bridgehead atoms. The van der Waals surface area contributed by atoms with E-state index >= 15 is 0 Å². The van der Waals surface area contributed by atoms with Crippen LogP contribution in [0.25, 0.3) is 0 Å². The van der Waals surface area contributed by atoms with Crippen molar-refractivity contribution in [2.75, 3.05) is 39.3 Å². The monoisotopic (exact) mass is 480 g/mol. The molecule has 5 heteroatoms. The lowest BCUT2D eigenvalue weighted by atomic mass is 9.96. The zero-order valence-electron chi connectivity index (χ0n) is 21.4. The highest BCUT2D eigenvalue weighted by Gasteiger charge is 2.23. The Hall–Kier alpha value is -1.95. The van der Waals surface area contributed by atoms with Gasteiger partial charge in [0.25, 0.3) is 0 Å². The zero-order chi connectivity index (χ0) is 24.5. The van der Waals surface area contributed by atoms with E-state index in [1.807, 2.05) is 18.2 Å². The number of fused-ring (bicyclic) bond motifs is 2. The predicted molar refractivity (Wildman–Crippen MR) is 143 cm³/mol. The Balaban J connectivity index is 1.65. The second-order valence-corrected chi connectivity index (χ2v) is 10.1. The van der Waals surface area contributed by atoms with Crippen molar-refractivity contribution in [3.8, 4) is 0 Å². The van der Waals surface area contributed by atoms with E-state index in [4.69, 9.17) is 0 Å². The summed E-state index contributed by atoms with van der Waals surface area (Å²) in [5.74, 6) is 0.461. The van der Waals surface area contributed by atoms with Crippen molar-refractivity contribution >= 4 is 23.3 Å². The molecule has 0 aromatic heterocycles. The molecule has 184 valence electrons. The average molecular weight is 481 g/mol. The van der Waals surface area contributed by atoms with E-state index in [1.165, 1.54) is 11.1 Å². The average Bonchev–Trinajstić information content (AvgIpc) is 2.87. The lowest BCUT2D eigenvalue weighted by Gasteiger charge is -2.22. The molecule has 1 aliphatic heterocycles. The number of carbonyl (C=O) groups excluding carboxylic acids is 2. The first-order valence-electron chi connectivity index (χ1n) is 12.9. The van der Waals surface area contributed by atoms with Gasteiger partial charge in [-0.2, -0.15) is 0 Å². The van der Waals surface area contributed by atoms with E-state index < -0.39 is 0 Å². The molecular weight excluding hydrogens is 440 g/mol. The number of hydrogen-bond acceptors (Lipinski definition) is 5. The topological polar surface area (TPSA) is 40.6 Å². The van der Waals surface area contributed by atoms with Gasteiger partial charge in [-0.25, -0.2) is 0 Å². The van der Waals surface area contributed by atoms with Crippen LogP contribution in [0.1, 0.15) is 85.2 Å². The second-order valence-electron chi connectivity index (χ2n) is 9.00. The number of nitrogens with zero attached hydrogens (tertiary/aromatic N) is 2. The van der Waals surface area contributed by atoms with Gasteiger partial charge < -0.3 is 9.80 Å². The normalized spacial score (nSPS) is 12.6. The molecule has 0 saturated heterocycles. The highest BCUT2D eigenvalue weighted by atomic mass is 32.2. The van der Waals surface area contributed by atoms with Crippen LogP contribution in [0.2, 0.25) is 0 Å². The molecule has 0 spiro atoms. The first-order chi connectivity index (χ1) is 16.5. The van der Waals surface area contributed by atoms with Crippen LogP contribution in [0.5, 0.6) is 0 Å². The Labute approximate surface area is 210 Å². The summed E-state index contributed by atoms with van der Waals surface area (Å²) in [6.45, 7) is 14.7. The third kappa shape index (κ3) is 6.80. The molecule has 34 heavy (non-hydrogen) atoms. The Morgan fingerprint density at radius 1 is 0.794 bits per heavy atom. The summed E-state index contributed by atoms with van der Waals surface area (Å²) >= 11 is 1.69. The Morgan fingerprint density at radius 3 is 2.03 bits per heavy atom. The quantitative estimate of drug-likeness (QED) is 0.251. The molecule has 2 aromatic rings. The first kappa shape index (κ1) is 26.7. The number of hydrogen-bond donors (Lipinski definition) is 0. The molecule has 4 nitrogen and oxygen atoms in total. The maximum atomic E-state index is 13.0. The lowest BCUT2D eigenvalue weighted by Crippen LogP contribution is -2.24. The van der Waals surface area contributed by atoms with Crippen LogP contribution in [0.4, 0.5) is 0 Å². The Morgan fingerprint density at radius 2 is 1.41 bits per heavy atom. The zero-order valence-corrected chi connectivity index (χ0v) is 22.2.